The summed E-state index contributed by atoms with van der Waals surface area (Å²) in [6.07, 6.45) is 7.21. The van der Waals surface area contributed by atoms with Gasteiger partial charge in [0.2, 0.25) is 11.9 Å². The quantitative estimate of drug-likeness (QED) is 0.609. The lowest BCUT2D eigenvalue weighted by molar-refractivity contribution is 0.379. The van der Waals surface area contributed by atoms with Gasteiger partial charge in [0.25, 0.3) is 0 Å². The van der Waals surface area contributed by atoms with Crippen LogP contribution in [0.1, 0.15) is 59.3 Å². The number of rotatable bonds is 11. The Labute approximate surface area is 128 Å². The largest absolute Gasteiger partial charge is 0.467 e. The van der Waals surface area contributed by atoms with Crippen LogP contribution in [0.3, 0.4) is 0 Å². The lowest BCUT2D eigenvalue weighted by Crippen LogP contribution is -2.18. The first kappa shape index (κ1) is 17.5. The number of hydrogen-bond donors (Lipinski definition) is 2. The second-order valence-corrected chi connectivity index (χ2v) is 5.29. The maximum absolute atomic E-state index is 5.13. The molecule has 0 saturated heterocycles. The van der Waals surface area contributed by atoms with Crippen LogP contribution in [0.15, 0.2) is 0 Å². The molecule has 0 radical (unpaired) electrons. The highest BCUT2D eigenvalue weighted by molar-refractivity contribution is 5.36. The molecule has 1 rings (SSSR count). The van der Waals surface area contributed by atoms with E-state index in [2.05, 4.69) is 46.4 Å². The topological polar surface area (TPSA) is 72.0 Å². The molecular weight excluding hydrogens is 266 g/mol. The van der Waals surface area contributed by atoms with E-state index in [1.165, 1.54) is 25.7 Å². The first-order valence-electron chi connectivity index (χ1n) is 8.00. The van der Waals surface area contributed by atoms with Crippen molar-refractivity contribution in [3.05, 3.63) is 0 Å². The van der Waals surface area contributed by atoms with Crippen LogP contribution in [0, 0.1) is 0 Å². The van der Waals surface area contributed by atoms with E-state index in [1.54, 1.807) is 7.11 Å². The second kappa shape index (κ2) is 10.2. The number of hydrogen-bond acceptors (Lipinski definition) is 6. The number of aromatic nitrogens is 3. The van der Waals surface area contributed by atoms with Crippen molar-refractivity contribution in [1.82, 2.24) is 15.0 Å². The Balaban J connectivity index is 2.55. The molecule has 0 aliphatic heterocycles. The van der Waals surface area contributed by atoms with Crippen molar-refractivity contribution in [3.63, 3.8) is 0 Å². The Morgan fingerprint density at radius 3 is 2.43 bits per heavy atom. The molecule has 6 heteroatoms. The molecule has 1 aromatic rings. The van der Waals surface area contributed by atoms with Gasteiger partial charge in [0.1, 0.15) is 0 Å². The second-order valence-electron chi connectivity index (χ2n) is 5.29. The zero-order chi connectivity index (χ0) is 15.5. The first-order chi connectivity index (χ1) is 10.2. The monoisotopic (exact) mass is 295 g/mol. The van der Waals surface area contributed by atoms with Gasteiger partial charge in [0.05, 0.1) is 7.11 Å². The van der Waals surface area contributed by atoms with Crippen molar-refractivity contribution in [2.75, 3.05) is 24.3 Å². The maximum atomic E-state index is 5.13. The van der Waals surface area contributed by atoms with Crippen LogP contribution >= 0.6 is 0 Å². The summed E-state index contributed by atoms with van der Waals surface area (Å²) < 4.78 is 5.13. The van der Waals surface area contributed by atoms with Gasteiger partial charge in [-0.05, 0) is 19.8 Å². The third-order valence-electron chi connectivity index (χ3n) is 3.20. The predicted molar refractivity (Wildman–Crippen MR) is 87.0 cm³/mol. The molecule has 0 bridgehead atoms. The molecule has 0 aliphatic rings. The van der Waals surface area contributed by atoms with Crippen molar-refractivity contribution < 1.29 is 4.74 Å². The average molecular weight is 295 g/mol. The number of ether oxygens (including phenoxy) is 1. The van der Waals surface area contributed by atoms with Gasteiger partial charge >= 0.3 is 6.01 Å². The van der Waals surface area contributed by atoms with Crippen molar-refractivity contribution in [3.8, 4) is 6.01 Å². The van der Waals surface area contributed by atoms with Gasteiger partial charge in [0, 0.05) is 12.6 Å². The summed E-state index contributed by atoms with van der Waals surface area (Å²) in [5.41, 5.74) is 0. The molecule has 0 fully saturated rings. The number of anilines is 2. The van der Waals surface area contributed by atoms with Crippen LogP contribution < -0.4 is 15.4 Å². The molecule has 0 aromatic carbocycles. The van der Waals surface area contributed by atoms with Crippen molar-refractivity contribution in [1.29, 1.82) is 0 Å². The first-order valence-corrected chi connectivity index (χ1v) is 8.00. The summed E-state index contributed by atoms with van der Waals surface area (Å²) in [7, 11) is 1.57. The van der Waals surface area contributed by atoms with Gasteiger partial charge in [-0.1, -0.05) is 39.5 Å². The third-order valence-corrected chi connectivity index (χ3v) is 3.20. The van der Waals surface area contributed by atoms with E-state index < -0.39 is 0 Å². The van der Waals surface area contributed by atoms with Crippen molar-refractivity contribution >= 4 is 11.9 Å². The minimum Gasteiger partial charge on any atom is -0.467 e. The van der Waals surface area contributed by atoms with Crippen LogP contribution in [0.4, 0.5) is 11.9 Å². The Morgan fingerprint density at radius 1 is 1.00 bits per heavy atom. The van der Waals surface area contributed by atoms with Crippen molar-refractivity contribution in [2.24, 2.45) is 0 Å². The molecule has 0 spiro atoms. The average Bonchev–Trinajstić information content (AvgIpc) is 2.49. The van der Waals surface area contributed by atoms with E-state index in [0.717, 1.165) is 19.4 Å². The van der Waals surface area contributed by atoms with Crippen LogP contribution in [-0.2, 0) is 0 Å². The molecule has 0 aliphatic carbocycles. The fourth-order valence-corrected chi connectivity index (χ4v) is 2.00. The van der Waals surface area contributed by atoms with E-state index in [0.29, 0.717) is 23.9 Å². The highest BCUT2D eigenvalue weighted by Crippen LogP contribution is 2.13. The molecule has 1 aromatic heterocycles. The Morgan fingerprint density at radius 2 is 1.76 bits per heavy atom. The molecule has 21 heavy (non-hydrogen) atoms. The molecule has 0 amide bonds. The summed E-state index contributed by atoms with van der Waals surface area (Å²) >= 11 is 0. The number of nitrogens with one attached hydrogen (secondary N) is 2. The number of nitrogens with zero attached hydrogens (tertiary/aromatic N) is 3. The number of unbranched alkanes of at least 4 members (excludes halogenated alkanes) is 3. The molecule has 120 valence electrons. The van der Waals surface area contributed by atoms with E-state index >= 15 is 0 Å². The Kier molecular flexibility index (Phi) is 8.47. The molecule has 1 atom stereocenters. The van der Waals surface area contributed by atoms with Gasteiger partial charge in [-0.15, -0.1) is 0 Å². The van der Waals surface area contributed by atoms with Crippen molar-refractivity contribution in [2.45, 2.75) is 65.3 Å². The van der Waals surface area contributed by atoms with Gasteiger partial charge in [-0.25, -0.2) is 0 Å². The summed E-state index contributed by atoms with van der Waals surface area (Å²) in [5, 5.41) is 6.49. The molecule has 2 N–H and O–H groups in total. The highest BCUT2D eigenvalue weighted by atomic mass is 16.5. The zero-order valence-electron chi connectivity index (χ0n) is 13.8. The fourth-order valence-electron chi connectivity index (χ4n) is 2.00. The van der Waals surface area contributed by atoms with E-state index in [9.17, 15) is 0 Å². The van der Waals surface area contributed by atoms with E-state index in [-0.39, 0.29) is 0 Å². The molecule has 0 saturated carbocycles. The van der Waals surface area contributed by atoms with Crippen LogP contribution in [-0.4, -0.2) is 34.6 Å². The SMILES string of the molecule is CCCCCCC(C)Nc1nc(NCCC)nc(OC)n1. The zero-order valence-corrected chi connectivity index (χ0v) is 13.8. The minimum atomic E-state index is 0.337. The normalized spacial score (nSPS) is 12.0. The van der Waals surface area contributed by atoms with E-state index in [4.69, 9.17) is 4.74 Å². The van der Waals surface area contributed by atoms with Crippen LogP contribution in [0.25, 0.3) is 0 Å². The molecule has 1 heterocycles. The summed E-state index contributed by atoms with van der Waals surface area (Å²) in [6, 6.07) is 0.678. The maximum Gasteiger partial charge on any atom is 0.322 e. The molecular formula is C15H29N5O. The van der Waals surface area contributed by atoms with Crippen LogP contribution in [0.5, 0.6) is 6.01 Å². The number of methoxy groups -OCH3 is 1. The standard InChI is InChI=1S/C15H29N5O/c1-5-7-8-9-10-12(3)17-14-18-13(16-11-6-2)19-15(20-14)21-4/h12H,5-11H2,1-4H3,(H2,16,17,18,19,20). The predicted octanol–water partition coefficient (Wildman–Crippen LogP) is 3.47. The summed E-state index contributed by atoms with van der Waals surface area (Å²) in [5.74, 6) is 1.13. The summed E-state index contributed by atoms with van der Waals surface area (Å²) in [4.78, 5) is 12.8. The van der Waals surface area contributed by atoms with Gasteiger partial charge in [-0.2, -0.15) is 15.0 Å². The Bertz CT molecular complexity index is 400. The van der Waals surface area contributed by atoms with Gasteiger partial charge < -0.3 is 15.4 Å². The summed E-state index contributed by atoms with van der Waals surface area (Å²) in [6.45, 7) is 7.31. The van der Waals surface area contributed by atoms with Gasteiger partial charge in [0.15, 0.2) is 0 Å². The van der Waals surface area contributed by atoms with Crippen LogP contribution in [0.2, 0.25) is 0 Å². The molecule has 1 unspecified atom stereocenters. The lowest BCUT2D eigenvalue weighted by Gasteiger charge is -2.14. The fraction of sp³-hybridized carbons (Fsp3) is 0.800. The third kappa shape index (κ3) is 7.11. The van der Waals surface area contributed by atoms with E-state index in [1.807, 2.05) is 0 Å². The Hall–Kier alpha value is -1.59. The van der Waals surface area contributed by atoms with Gasteiger partial charge in [-0.3, -0.25) is 0 Å². The smallest absolute Gasteiger partial charge is 0.322 e. The minimum absolute atomic E-state index is 0.337. The highest BCUT2D eigenvalue weighted by Gasteiger charge is 2.09. The molecule has 6 nitrogen and oxygen atoms in total. The lowest BCUT2D eigenvalue weighted by atomic mass is 10.1.